The van der Waals surface area contributed by atoms with Crippen molar-refractivity contribution in [2.24, 2.45) is 7.05 Å². The van der Waals surface area contributed by atoms with Crippen LogP contribution in [0.5, 0.6) is 0 Å². The molecule has 0 radical (unpaired) electrons. The number of hydrogen-bond acceptors (Lipinski definition) is 2. The van der Waals surface area contributed by atoms with Crippen molar-refractivity contribution < 1.29 is 0 Å². The van der Waals surface area contributed by atoms with Gasteiger partial charge in [-0.3, -0.25) is 0 Å². The van der Waals surface area contributed by atoms with Crippen LogP contribution in [0, 0.1) is 0 Å². The number of rotatable bonds is 5. The zero-order valence-electron chi connectivity index (χ0n) is 9.62. The van der Waals surface area contributed by atoms with E-state index >= 15 is 0 Å². The van der Waals surface area contributed by atoms with Gasteiger partial charge in [-0.1, -0.05) is 13.8 Å². The minimum atomic E-state index is 0.492. The molecule has 0 aliphatic carbocycles. The Kier molecular flexibility index (Phi) is 4.14. The standard InChI is InChI=1S/C11H21N3/c1-5-10(9(3)12-6-2)11-13-7-8-14(11)4/h7-10,12H,5-6H2,1-4H3. The summed E-state index contributed by atoms with van der Waals surface area (Å²) in [7, 11) is 2.06. The highest BCUT2D eigenvalue weighted by molar-refractivity contribution is 5.03. The molecule has 3 heteroatoms. The smallest absolute Gasteiger partial charge is 0.113 e. The molecule has 0 fully saturated rings. The van der Waals surface area contributed by atoms with Crippen molar-refractivity contribution in [2.75, 3.05) is 6.54 Å². The second-order valence-electron chi connectivity index (χ2n) is 3.76. The van der Waals surface area contributed by atoms with Crippen molar-refractivity contribution in [1.29, 1.82) is 0 Å². The monoisotopic (exact) mass is 195 g/mol. The van der Waals surface area contributed by atoms with Crippen LogP contribution in [-0.4, -0.2) is 22.1 Å². The Balaban J connectivity index is 2.76. The zero-order chi connectivity index (χ0) is 10.6. The van der Waals surface area contributed by atoms with Crippen LogP contribution in [-0.2, 0) is 7.05 Å². The average molecular weight is 195 g/mol. The quantitative estimate of drug-likeness (QED) is 0.778. The van der Waals surface area contributed by atoms with Crippen LogP contribution in [0.2, 0.25) is 0 Å². The van der Waals surface area contributed by atoms with Crippen LogP contribution in [0.15, 0.2) is 12.4 Å². The molecule has 0 aromatic carbocycles. The molecule has 2 atom stereocenters. The van der Waals surface area contributed by atoms with Crippen molar-refractivity contribution >= 4 is 0 Å². The van der Waals surface area contributed by atoms with E-state index in [2.05, 4.69) is 42.7 Å². The zero-order valence-corrected chi connectivity index (χ0v) is 9.62. The summed E-state index contributed by atoms with van der Waals surface area (Å²) in [5, 5.41) is 3.46. The Hall–Kier alpha value is -0.830. The third-order valence-corrected chi connectivity index (χ3v) is 2.76. The lowest BCUT2D eigenvalue weighted by atomic mass is 9.97. The van der Waals surface area contributed by atoms with Crippen LogP contribution >= 0.6 is 0 Å². The molecule has 0 aliphatic heterocycles. The predicted molar refractivity (Wildman–Crippen MR) is 59.4 cm³/mol. The Morgan fingerprint density at radius 1 is 1.50 bits per heavy atom. The minimum absolute atomic E-state index is 0.492. The molecular formula is C11H21N3. The van der Waals surface area contributed by atoms with Crippen molar-refractivity contribution in [3.63, 3.8) is 0 Å². The number of nitrogens with zero attached hydrogens (tertiary/aromatic N) is 2. The van der Waals surface area contributed by atoms with Gasteiger partial charge < -0.3 is 9.88 Å². The summed E-state index contributed by atoms with van der Waals surface area (Å²) in [5.41, 5.74) is 0. The summed E-state index contributed by atoms with van der Waals surface area (Å²) < 4.78 is 2.11. The van der Waals surface area contributed by atoms with Gasteiger partial charge in [0, 0.05) is 31.4 Å². The molecule has 14 heavy (non-hydrogen) atoms. The van der Waals surface area contributed by atoms with Gasteiger partial charge in [-0.05, 0) is 19.9 Å². The fraction of sp³-hybridized carbons (Fsp3) is 0.727. The van der Waals surface area contributed by atoms with Crippen molar-refractivity contribution in [2.45, 2.75) is 39.2 Å². The average Bonchev–Trinajstić information content (AvgIpc) is 2.54. The van der Waals surface area contributed by atoms with E-state index in [0.717, 1.165) is 13.0 Å². The van der Waals surface area contributed by atoms with Crippen LogP contribution in [0.25, 0.3) is 0 Å². The second-order valence-corrected chi connectivity index (χ2v) is 3.76. The summed E-state index contributed by atoms with van der Waals surface area (Å²) in [5.74, 6) is 1.69. The highest BCUT2D eigenvalue weighted by atomic mass is 15.1. The molecule has 0 bridgehead atoms. The van der Waals surface area contributed by atoms with Crippen LogP contribution in [0.1, 0.15) is 38.9 Å². The van der Waals surface area contributed by atoms with E-state index in [-0.39, 0.29) is 0 Å². The number of aromatic nitrogens is 2. The first-order valence-corrected chi connectivity index (χ1v) is 5.41. The Morgan fingerprint density at radius 3 is 2.64 bits per heavy atom. The predicted octanol–water partition coefficient (Wildman–Crippen LogP) is 1.91. The molecule has 0 amide bonds. The number of aryl methyl sites for hydroxylation is 1. The lowest BCUT2D eigenvalue weighted by Gasteiger charge is -2.22. The summed E-state index contributed by atoms with van der Waals surface area (Å²) in [6.07, 6.45) is 5.01. The van der Waals surface area contributed by atoms with E-state index in [0.29, 0.717) is 12.0 Å². The van der Waals surface area contributed by atoms with E-state index in [9.17, 15) is 0 Å². The minimum Gasteiger partial charge on any atom is -0.338 e. The van der Waals surface area contributed by atoms with E-state index in [1.807, 2.05) is 12.4 Å². The highest BCUT2D eigenvalue weighted by Crippen LogP contribution is 2.20. The van der Waals surface area contributed by atoms with Gasteiger partial charge in [0.1, 0.15) is 5.82 Å². The number of nitrogens with one attached hydrogen (secondary N) is 1. The number of likely N-dealkylation sites (N-methyl/N-ethyl adjacent to an activating group) is 1. The molecule has 2 unspecified atom stereocenters. The van der Waals surface area contributed by atoms with Gasteiger partial charge in [0.15, 0.2) is 0 Å². The Morgan fingerprint density at radius 2 is 2.21 bits per heavy atom. The largest absolute Gasteiger partial charge is 0.338 e. The Bertz CT molecular complexity index is 267. The third-order valence-electron chi connectivity index (χ3n) is 2.76. The molecule has 1 aromatic rings. The molecule has 3 nitrogen and oxygen atoms in total. The van der Waals surface area contributed by atoms with Crippen LogP contribution in [0.3, 0.4) is 0 Å². The van der Waals surface area contributed by atoms with Gasteiger partial charge in [-0.25, -0.2) is 4.98 Å². The fourth-order valence-corrected chi connectivity index (χ4v) is 1.96. The lowest BCUT2D eigenvalue weighted by molar-refractivity contribution is 0.436. The molecule has 0 spiro atoms. The second kappa shape index (κ2) is 5.15. The van der Waals surface area contributed by atoms with E-state index in [4.69, 9.17) is 0 Å². The molecule has 1 rings (SSSR count). The maximum absolute atomic E-state index is 4.41. The van der Waals surface area contributed by atoms with Crippen molar-refractivity contribution in [3.05, 3.63) is 18.2 Å². The summed E-state index contributed by atoms with van der Waals surface area (Å²) in [6.45, 7) is 7.60. The molecule has 0 aliphatic rings. The van der Waals surface area contributed by atoms with E-state index in [1.54, 1.807) is 0 Å². The maximum Gasteiger partial charge on any atom is 0.113 e. The molecule has 1 aromatic heterocycles. The van der Waals surface area contributed by atoms with Crippen LogP contribution < -0.4 is 5.32 Å². The van der Waals surface area contributed by atoms with E-state index < -0.39 is 0 Å². The molecule has 1 heterocycles. The highest BCUT2D eigenvalue weighted by Gasteiger charge is 2.19. The molecule has 0 saturated heterocycles. The lowest BCUT2D eigenvalue weighted by Crippen LogP contribution is -2.33. The molecule has 0 saturated carbocycles. The van der Waals surface area contributed by atoms with Crippen molar-refractivity contribution in [1.82, 2.24) is 14.9 Å². The molecular weight excluding hydrogens is 174 g/mol. The van der Waals surface area contributed by atoms with Gasteiger partial charge in [0.05, 0.1) is 0 Å². The third kappa shape index (κ3) is 2.35. The summed E-state index contributed by atoms with van der Waals surface area (Å²) in [4.78, 5) is 4.41. The molecule has 1 N–H and O–H groups in total. The summed E-state index contributed by atoms with van der Waals surface area (Å²) in [6, 6.07) is 0.492. The van der Waals surface area contributed by atoms with Gasteiger partial charge in [0.2, 0.25) is 0 Å². The van der Waals surface area contributed by atoms with Gasteiger partial charge >= 0.3 is 0 Å². The van der Waals surface area contributed by atoms with Gasteiger partial charge in [-0.2, -0.15) is 0 Å². The summed E-state index contributed by atoms with van der Waals surface area (Å²) >= 11 is 0. The van der Waals surface area contributed by atoms with E-state index in [1.165, 1.54) is 5.82 Å². The number of hydrogen-bond donors (Lipinski definition) is 1. The maximum atomic E-state index is 4.41. The van der Waals surface area contributed by atoms with Crippen LogP contribution in [0.4, 0.5) is 0 Å². The number of imidazole rings is 1. The van der Waals surface area contributed by atoms with Crippen molar-refractivity contribution in [3.8, 4) is 0 Å². The topological polar surface area (TPSA) is 29.9 Å². The first-order chi connectivity index (χ1) is 6.70. The first kappa shape index (κ1) is 11.2. The first-order valence-electron chi connectivity index (χ1n) is 5.41. The van der Waals surface area contributed by atoms with Gasteiger partial charge in [0.25, 0.3) is 0 Å². The SMILES string of the molecule is CCNC(C)C(CC)c1nccn1C. The Labute approximate surface area is 86.5 Å². The van der Waals surface area contributed by atoms with Gasteiger partial charge in [-0.15, -0.1) is 0 Å². The fourth-order valence-electron chi connectivity index (χ4n) is 1.96. The normalized spacial score (nSPS) is 15.4. The molecule has 80 valence electrons.